The SMILES string of the molecule is CC1(C)c2ccccc2-c2c1ccc1c2N(c2ccccc2)c2cc(N(c3ccccc3)c3cccc4c3-c3ccccc3[Si]4(C)C)cc3c2B1c1ccc2c(c1N3c1ccccc1)-c1ccccc1[Si]2(C)C. The summed E-state index contributed by atoms with van der Waals surface area (Å²) in [5, 5.41) is 6.02. The summed E-state index contributed by atoms with van der Waals surface area (Å²) in [6, 6.07) is 83.7. The van der Waals surface area contributed by atoms with Crippen molar-refractivity contribution in [1.29, 1.82) is 0 Å². The van der Waals surface area contributed by atoms with E-state index in [-0.39, 0.29) is 12.1 Å². The molecule has 4 heterocycles. The van der Waals surface area contributed by atoms with Crippen LogP contribution in [-0.2, 0) is 5.41 Å². The van der Waals surface area contributed by atoms with E-state index in [0.717, 1.165) is 22.7 Å². The molecule has 0 aromatic heterocycles. The highest BCUT2D eigenvalue weighted by Gasteiger charge is 2.50. The molecule has 6 heteroatoms. The molecule has 0 fully saturated rings. The number of rotatable bonds is 5. The van der Waals surface area contributed by atoms with Crippen LogP contribution in [0.25, 0.3) is 33.4 Å². The van der Waals surface area contributed by atoms with Crippen molar-refractivity contribution in [3.63, 3.8) is 0 Å². The number of benzene rings is 10. The summed E-state index contributed by atoms with van der Waals surface area (Å²) in [6.07, 6.45) is 0. The Labute approximate surface area is 431 Å². The summed E-state index contributed by atoms with van der Waals surface area (Å²) in [5.74, 6) is 0. The number of anilines is 9. The van der Waals surface area contributed by atoms with Crippen LogP contribution in [0.15, 0.2) is 218 Å². The summed E-state index contributed by atoms with van der Waals surface area (Å²) in [5.41, 5.74) is 25.6. The average Bonchev–Trinajstić information content (AvgIpc) is 3.92. The Bertz CT molecular complexity index is 3800. The van der Waals surface area contributed by atoms with Gasteiger partial charge in [0.25, 0.3) is 6.71 Å². The molecule has 0 unspecified atom stereocenters. The molecule has 0 radical (unpaired) electrons. The standard InChI is InChI=1S/C67H54BN3Si2/c1-67(2)50-32-19-16-29-47(50)61-51(67)37-38-52-65(61)70(44-25-12-8-13-26-44)55-41-46(69(43-23-10-7-11-24-43)54-33-22-36-59-62(54)48-30-17-20-34-57(48)72(59,3)4)42-56-64(55)68(52)53-39-40-60-63(49-31-18-21-35-58(49)73(60,5)6)66(53)71(56)45-27-14-9-15-28-45/h7-42H,1-6H3. The molecule has 0 saturated carbocycles. The molecule has 0 amide bonds. The van der Waals surface area contributed by atoms with E-state index in [1.807, 2.05) is 0 Å². The first-order valence-electron chi connectivity index (χ1n) is 26.1. The van der Waals surface area contributed by atoms with E-state index in [4.69, 9.17) is 0 Å². The fourth-order valence-corrected chi connectivity index (χ4v) is 20.4. The minimum atomic E-state index is -2.10. The Kier molecular flexibility index (Phi) is 8.83. The summed E-state index contributed by atoms with van der Waals surface area (Å²) in [7, 11) is -4.13. The molecule has 3 nitrogen and oxygen atoms in total. The Morgan fingerprint density at radius 3 is 1.49 bits per heavy atom. The van der Waals surface area contributed by atoms with E-state index in [0.29, 0.717) is 0 Å². The van der Waals surface area contributed by atoms with Gasteiger partial charge in [0.15, 0.2) is 0 Å². The van der Waals surface area contributed by atoms with Crippen LogP contribution in [0.5, 0.6) is 0 Å². The molecule has 0 bridgehead atoms. The van der Waals surface area contributed by atoms with Gasteiger partial charge in [0.2, 0.25) is 0 Å². The predicted octanol–water partition coefficient (Wildman–Crippen LogP) is 13.2. The molecule has 348 valence electrons. The van der Waals surface area contributed by atoms with Gasteiger partial charge < -0.3 is 14.7 Å². The third-order valence-electron chi connectivity index (χ3n) is 17.6. The molecule has 10 aromatic rings. The molecule has 15 rings (SSSR count). The number of nitrogens with zero attached hydrogens (tertiary/aromatic N) is 3. The third-order valence-corrected chi connectivity index (χ3v) is 24.7. The van der Waals surface area contributed by atoms with Crippen molar-refractivity contribution < 1.29 is 0 Å². The van der Waals surface area contributed by atoms with Gasteiger partial charge in [0, 0.05) is 61.9 Å². The zero-order chi connectivity index (χ0) is 49.1. The molecule has 0 spiro atoms. The second kappa shape index (κ2) is 15.1. The third kappa shape index (κ3) is 5.65. The van der Waals surface area contributed by atoms with Crippen LogP contribution >= 0.6 is 0 Å². The van der Waals surface area contributed by atoms with Crippen molar-refractivity contribution in [3.05, 3.63) is 230 Å². The lowest BCUT2D eigenvalue weighted by Crippen LogP contribution is -2.62. The second-order valence-electron chi connectivity index (χ2n) is 22.4. The maximum atomic E-state index is 2.67. The second-order valence-corrected chi connectivity index (χ2v) is 31.1. The lowest BCUT2D eigenvalue weighted by molar-refractivity contribution is 0.660. The van der Waals surface area contributed by atoms with Gasteiger partial charge >= 0.3 is 0 Å². The molecule has 1 aliphatic carbocycles. The van der Waals surface area contributed by atoms with E-state index in [1.54, 1.807) is 0 Å². The van der Waals surface area contributed by atoms with Crippen molar-refractivity contribution in [2.75, 3.05) is 14.7 Å². The normalized spacial score (nSPS) is 15.8. The summed E-state index contributed by atoms with van der Waals surface area (Å²) in [6.45, 7) is 14.9. The minimum absolute atomic E-state index is 0.0576. The molecule has 5 aliphatic rings. The lowest BCUT2D eigenvalue weighted by atomic mass is 9.33. The van der Waals surface area contributed by atoms with Crippen LogP contribution in [0.2, 0.25) is 26.2 Å². The summed E-state index contributed by atoms with van der Waals surface area (Å²) >= 11 is 0. The van der Waals surface area contributed by atoms with E-state index < -0.39 is 16.1 Å². The maximum absolute atomic E-state index is 2.67. The molecular weight excluding hydrogens is 914 g/mol. The van der Waals surface area contributed by atoms with Gasteiger partial charge in [-0.15, -0.1) is 0 Å². The van der Waals surface area contributed by atoms with Crippen LogP contribution < -0.4 is 51.8 Å². The highest BCUT2D eigenvalue weighted by Crippen LogP contribution is 2.57. The van der Waals surface area contributed by atoms with Crippen molar-refractivity contribution in [2.45, 2.75) is 45.5 Å². The topological polar surface area (TPSA) is 9.72 Å². The van der Waals surface area contributed by atoms with E-state index in [2.05, 4.69) is 273 Å². The van der Waals surface area contributed by atoms with Gasteiger partial charge in [0.1, 0.15) is 16.1 Å². The highest BCUT2D eigenvalue weighted by molar-refractivity contribution is 7.05. The number of hydrogen-bond acceptors (Lipinski definition) is 3. The van der Waals surface area contributed by atoms with Crippen molar-refractivity contribution in [3.8, 4) is 33.4 Å². The Balaban J connectivity index is 1.12. The van der Waals surface area contributed by atoms with Crippen LogP contribution in [0.4, 0.5) is 51.2 Å². The Morgan fingerprint density at radius 2 is 0.877 bits per heavy atom. The molecular formula is C67H54BN3Si2. The fraction of sp³-hybridized carbons (Fsp3) is 0.104. The van der Waals surface area contributed by atoms with Crippen LogP contribution in [0, 0.1) is 0 Å². The Hall–Kier alpha value is -7.90. The molecule has 10 aromatic carbocycles. The fourth-order valence-electron chi connectivity index (χ4n) is 14.3. The number of hydrogen-bond donors (Lipinski definition) is 0. The van der Waals surface area contributed by atoms with Crippen LogP contribution in [-0.4, -0.2) is 22.9 Å². The van der Waals surface area contributed by atoms with Gasteiger partial charge in [0.05, 0.1) is 11.4 Å². The number of para-hydroxylation sites is 3. The van der Waals surface area contributed by atoms with Gasteiger partial charge in [-0.2, -0.15) is 0 Å². The monoisotopic (exact) mass is 967 g/mol. The molecule has 0 N–H and O–H groups in total. The predicted molar refractivity (Wildman–Crippen MR) is 317 cm³/mol. The van der Waals surface area contributed by atoms with E-state index >= 15 is 0 Å². The average molecular weight is 968 g/mol. The smallest absolute Gasteiger partial charge is 0.252 e. The highest BCUT2D eigenvalue weighted by atomic mass is 28.3. The van der Waals surface area contributed by atoms with Crippen molar-refractivity contribution in [2.24, 2.45) is 0 Å². The van der Waals surface area contributed by atoms with Gasteiger partial charge in [-0.3, -0.25) is 0 Å². The van der Waals surface area contributed by atoms with E-state index in [1.165, 1.54) is 110 Å². The van der Waals surface area contributed by atoms with Crippen molar-refractivity contribution in [1.82, 2.24) is 0 Å². The first-order chi connectivity index (χ1) is 35.5. The van der Waals surface area contributed by atoms with E-state index in [9.17, 15) is 0 Å². The van der Waals surface area contributed by atoms with Gasteiger partial charge in [-0.05, 0) is 120 Å². The van der Waals surface area contributed by atoms with Crippen molar-refractivity contribution >= 4 is 111 Å². The summed E-state index contributed by atoms with van der Waals surface area (Å²) < 4.78 is 0. The zero-order valence-corrected chi connectivity index (χ0v) is 44.2. The molecule has 4 aliphatic heterocycles. The van der Waals surface area contributed by atoms with Gasteiger partial charge in [-0.25, -0.2) is 0 Å². The van der Waals surface area contributed by atoms with Crippen LogP contribution in [0.3, 0.4) is 0 Å². The van der Waals surface area contributed by atoms with Gasteiger partial charge in [-0.1, -0.05) is 204 Å². The largest absolute Gasteiger partial charge is 0.311 e. The lowest BCUT2D eigenvalue weighted by Gasteiger charge is -2.46. The summed E-state index contributed by atoms with van der Waals surface area (Å²) in [4.78, 5) is 7.91. The first-order valence-corrected chi connectivity index (χ1v) is 32.1. The Morgan fingerprint density at radius 1 is 0.397 bits per heavy atom. The quantitative estimate of drug-likeness (QED) is 0.159. The molecule has 73 heavy (non-hydrogen) atoms. The molecule has 0 saturated heterocycles. The first kappa shape index (κ1) is 42.7. The zero-order valence-electron chi connectivity index (χ0n) is 42.2. The van der Waals surface area contributed by atoms with Crippen LogP contribution in [0.1, 0.15) is 25.0 Å². The molecule has 0 atom stereocenters. The number of fused-ring (bicyclic) bond motifs is 15. The maximum Gasteiger partial charge on any atom is 0.252 e. The minimum Gasteiger partial charge on any atom is -0.311 e.